The molecule has 1 fully saturated rings. The summed E-state index contributed by atoms with van der Waals surface area (Å²) in [6.07, 6.45) is -25.0. The summed E-state index contributed by atoms with van der Waals surface area (Å²) in [5, 5.41) is -6.81. The molecule has 1 aliphatic heterocycles. The lowest BCUT2D eigenvalue weighted by Crippen LogP contribution is -2.84. The molecule has 0 aliphatic carbocycles. The number of rotatable bonds is 0. The number of nitrogens with zero attached hydrogens (tertiary/aromatic N) is 2. The fourth-order valence-electron chi connectivity index (χ4n) is 1.39. The number of hydrogen-bond acceptors (Lipinski definition) is 3. The van der Waals surface area contributed by atoms with Crippen LogP contribution in [0.15, 0.2) is 0 Å². The van der Waals surface area contributed by atoms with Crippen molar-refractivity contribution in [3.05, 3.63) is 0 Å². The van der Waals surface area contributed by atoms with Gasteiger partial charge in [0.05, 0.1) is 0 Å². The van der Waals surface area contributed by atoms with E-state index in [2.05, 4.69) is 0 Å². The first-order valence-corrected chi connectivity index (χ1v) is 4.67. The first kappa shape index (κ1) is 19.0. The summed E-state index contributed by atoms with van der Waals surface area (Å²) in [7, 11) is 0. The van der Waals surface area contributed by atoms with Crippen LogP contribution in [0.3, 0.4) is 0 Å². The Kier molecular flexibility index (Phi) is 4.09. The second-order valence-electron chi connectivity index (χ2n) is 3.89. The topological polar surface area (TPSA) is 18.5 Å². The number of nitrogens with one attached hydrogen (secondary N) is 1. The second-order valence-corrected chi connectivity index (χ2v) is 3.89. The van der Waals surface area contributed by atoms with Gasteiger partial charge in [-0.25, -0.2) is 5.32 Å². The predicted octanol–water partition coefficient (Wildman–Crippen LogP) is 3.22. The third-order valence-electron chi connectivity index (χ3n) is 2.41. The number of alkyl halides is 11. The van der Waals surface area contributed by atoms with Gasteiger partial charge in [-0.3, -0.25) is 0 Å². The monoisotopic (exact) mass is 363 g/mol. The van der Waals surface area contributed by atoms with Crippen molar-refractivity contribution in [3.63, 3.8) is 0 Å². The minimum Gasteiger partial charge on any atom is -0.236 e. The molecule has 0 spiro atoms. The quantitative estimate of drug-likeness (QED) is 0.405. The van der Waals surface area contributed by atoms with Crippen molar-refractivity contribution in [3.8, 4) is 0 Å². The number of halogens is 13. The van der Waals surface area contributed by atoms with E-state index >= 15 is 0 Å². The summed E-state index contributed by atoms with van der Waals surface area (Å²) < 4.78 is 163. The highest BCUT2D eigenvalue weighted by atomic mass is 19.4. The Hall–Kier alpha value is -1.03. The van der Waals surface area contributed by atoms with E-state index in [-0.39, 0.29) is 0 Å². The fourth-order valence-corrected chi connectivity index (χ4v) is 1.39. The van der Waals surface area contributed by atoms with Gasteiger partial charge in [0.25, 0.3) is 0 Å². The first-order chi connectivity index (χ1) is 9.40. The van der Waals surface area contributed by atoms with Crippen molar-refractivity contribution in [2.75, 3.05) is 0 Å². The maximum absolute atomic E-state index is 13.4. The molecule has 1 rings (SSSR count). The largest absolute Gasteiger partial charge is 0.457 e. The standard InChI is InChI=1S/C6H2F13N3/c7-2(8,9)1-20-5(16,3(10,11)12)22(19)6(17,21(1)18)4(13,14)15/h1,20H. The molecule has 0 aromatic carbocycles. The highest BCUT2D eigenvalue weighted by Crippen LogP contribution is 2.52. The Bertz CT molecular complexity index is 427. The Balaban J connectivity index is 3.58. The molecule has 1 aliphatic rings. The Morgan fingerprint density at radius 2 is 1.18 bits per heavy atom. The average molecular weight is 363 g/mol. The fraction of sp³-hybridized carbons (Fsp3) is 1.00. The molecule has 16 heteroatoms. The van der Waals surface area contributed by atoms with Gasteiger partial charge in [-0.05, 0) is 5.12 Å². The van der Waals surface area contributed by atoms with Gasteiger partial charge in [0.1, 0.15) is 0 Å². The molecule has 0 amide bonds. The molecule has 0 aromatic heterocycles. The summed E-state index contributed by atoms with van der Waals surface area (Å²) in [5.74, 6) is -13.0. The van der Waals surface area contributed by atoms with E-state index in [1.165, 1.54) is 0 Å². The van der Waals surface area contributed by atoms with Crippen molar-refractivity contribution < 1.29 is 57.3 Å². The third kappa shape index (κ3) is 2.45. The molecule has 0 bridgehead atoms. The zero-order chi connectivity index (χ0) is 17.9. The summed E-state index contributed by atoms with van der Waals surface area (Å²) >= 11 is 0. The van der Waals surface area contributed by atoms with E-state index < -0.39 is 52.1 Å². The molecule has 22 heavy (non-hydrogen) atoms. The van der Waals surface area contributed by atoms with E-state index in [0.29, 0.717) is 0 Å². The predicted molar refractivity (Wildman–Crippen MR) is 38.7 cm³/mol. The smallest absolute Gasteiger partial charge is 0.236 e. The number of hydrogen-bond donors (Lipinski definition) is 1. The second kappa shape index (κ2) is 4.73. The van der Waals surface area contributed by atoms with Crippen LogP contribution in [-0.4, -0.2) is 46.8 Å². The van der Waals surface area contributed by atoms with Crippen LogP contribution in [0.2, 0.25) is 0 Å². The van der Waals surface area contributed by atoms with Gasteiger partial charge in [-0.15, -0.1) is 8.96 Å². The van der Waals surface area contributed by atoms with Crippen molar-refractivity contribution >= 4 is 0 Å². The average Bonchev–Trinajstić information content (AvgIpc) is 2.26. The van der Waals surface area contributed by atoms with E-state index in [0.717, 1.165) is 0 Å². The summed E-state index contributed by atoms with van der Waals surface area (Å²) in [4.78, 5) is 0. The Morgan fingerprint density at radius 1 is 0.773 bits per heavy atom. The summed E-state index contributed by atoms with van der Waals surface area (Å²) in [6.45, 7) is 0. The van der Waals surface area contributed by atoms with Gasteiger partial charge in [-0.1, -0.05) is 5.12 Å². The van der Waals surface area contributed by atoms with Crippen molar-refractivity contribution in [1.29, 1.82) is 0 Å². The van der Waals surface area contributed by atoms with Crippen LogP contribution in [0.1, 0.15) is 0 Å². The normalized spacial score (nSPS) is 36.7. The third-order valence-corrected chi connectivity index (χ3v) is 2.41. The molecule has 1 heterocycles. The highest BCUT2D eigenvalue weighted by molar-refractivity contribution is 5.00. The maximum atomic E-state index is 13.4. The van der Waals surface area contributed by atoms with E-state index in [1.54, 1.807) is 0 Å². The van der Waals surface area contributed by atoms with Crippen LogP contribution in [0.5, 0.6) is 0 Å². The zero-order valence-electron chi connectivity index (χ0n) is 9.39. The van der Waals surface area contributed by atoms with Crippen LogP contribution < -0.4 is 5.32 Å². The SMILES string of the molecule is FN1C(C(F)(F)F)NC(F)(C(F)(F)F)N(F)C1(F)C(F)(F)F. The van der Waals surface area contributed by atoms with Gasteiger partial charge in [0.15, 0.2) is 6.17 Å². The highest BCUT2D eigenvalue weighted by Gasteiger charge is 2.83. The van der Waals surface area contributed by atoms with Crippen LogP contribution >= 0.6 is 0 Å². The zero-order valence-corrected chi connectivity index (χ0v) is 9.39. The first-order valence-electron chi connectivity index (χ1n) is 4.67. The van der Waals surface area contributed by atoms with Crippen LogP contribution in [0.4, 0.5) is 57.3 Å². The molecule has 1 N–H and O–H groups in total. The lowest BCUT2D eigenvalue weighted by molar-refractivity contribution is -0.516. The van der Waals surface area contributed by atoms with E-state index in [9.17, 15) is 57.3 Å². The molecule has 3 unspecified atom stereocenters. The van der Waals surface area contributed by atoms with Crippen molar-refractivity contribution in [1.82, 2.24) is 15.6 Å². The molecule has 0 aromatic rings. The molecule has 3 atom stereocenters. The minimum absolute atomic E-state index is 0.418. The molecule has 132 valence electrons. The Labute approximate surface area is 111 Å². The van der Waals surface area contributed by atoms with Gasteiger partial charge in [-0.2, -0.15) is 48.3 Å². The Morgan fingerprint density at radius 3 is 1.45 bits per heavy atom. The van der Waals surface area contributed by atoms with E-state index in [4.69, 9.17) is 0 Å². The van der Waals surface area contributed by atoms with Crippen LogP contribution in [0.25, 0.3) is 0 Å². The van der Waals surface area contributed by atoms with Crippen LogP contribution in [0, 0.1) is 0 Å². The molecule has 0 radical (unpaired) electrons. The van der Waals surface area contributed by atoms with Crippen molar-refractivity contribution in [2.24, 2.45) is 0 Å². The molecule has 3 nitrogen and oxygen atoms in total. The minimum atomic E-state index is -7.02. The lowest BCUT2D eigenvalue weighted by Gasteiger charge is -2.50. The van der Waals surface area contributed by atoms with E-state index in [1.807, 2.05) is 0 Å². The maximum Gasteiger partial charge on any atom is 0.457 e. The molecular formula is C6H2F13N3. The van der Waals surface area contributed by atoms with Gasteiger partial charge < -0.3 is 0 Å². The van der Waals surface area contributed by atoms with Gasteiger partial charge in [0, 0.05) is 0 Å². The molecular weight excluding hydrogens is 361 g/mol. The lowest BCUT2D eigenvalue weighted by atomic mass is 10.2. The summed E-state index contributed by atoms with van der Waals surface area (Å²) in [6, 6.07) is 0. The van der Waals surface area contributed by atoms with Gasteiger partial charge >= 0.3 is 30.4 Å². The van der Waals surface area contributed by atoms with Crippen LogP contribution in [-0.2, 0) is 0 Å². The van der Waals surface area contributed by atoms with Crippen molar-refractivity contribution in [2.45, 2.75) is 36.5 Å². The van der Waals surface area contributed by atoms with Gasteiger partial charge in [0.2, 0.25) is 0 Å². The molecule has 1 saturated heterocycles. The summed E-state index contributed by atoms with van der Waals surface area (Å²) in [5.41, 5.74) is 0. The molecule has 0 saturated carbocycles.